The first kappa shape index (κ1) is 15.8. The second-order valence-electron chi connectivity index (χ2n) is 5.60. The predicted molar refractivity (Wildman–Crippen MR) is 81.3 cm³/mol. The second kappa shape index (κ2) is 5.84. The topological polar surface area (TPSA) is 72.0 Å². The molecule has 0 atom stereocenters. The van der Waals surface area contributed by atoms with Crippen LogP contribution in [0.4, 0.5) is 14.6 Å². The second-order valence-corrected chi connectivity index (χ2v) is 7.32. The number of nitrogens with one attached hydrogen (secondary N) is 1. The number of aromatic nitrogens is 2. The Labute approximate surface area is 132 Å². The van der Waals surface area contributed by atoms with Gasteiger partial charge in [0.25, 0.3) is 0 Å². The summed E-state index contributed by atoms with van der Waals surface area (Å²) >= 11 is 0. The van der Waals surface area contributed by atoms with E-state index in [1.807, 2.05) is 0 Å². The Morgan fingerprint density at radius 3 is 2.61 bits per heavy atom. The molecule has 2 aromatic rings. The molecule has 1 heterocycles. The van der Waals surface area contributed by atoms with Crippen molar-refractivity contribution in [2.24, 2.45) is 0 Å². The maximum atomic E-state index is 13.6. The highest BCUT2D eigenvalue weighted by atomic mass is 32.2. The van der Waals surface area contributed by atoms with Gasteiger partial charge in [-0.3, -0.25) is 4.72 Å². The van der Waals surface area contributed by atoms with Crippen LogP contribution in [0.15, 0.2) is 24.3 Å². The van der Waals surface area contributed by atoms with E-state index in [2.05, 4.69) is 14.7 Å². The Kier molecular flexibility index (Phi) is 4.01. The van der Waals surface area contributed by atoms with Gasteiger partial charge in [0.05, 0.1) is 5.75 Å². The van der Waals surface area contributed by atoms with E-state index >= 15 is 0 Å². The number of hydrogen-bond donors (Lipinski definition) is 1. The van der Waals surface area contributed by atoms with Crippen molar-refractivity contribution in [3.05, 3.63) is 53.0 Å². The minimum atomic E-state index is -3.86. The quantitative estimate of drug-likeness (QED) is 0.909. The van der Waals surface area contributed by atoms with Crippen LogP contribution >= 0.6 is 0 Å². The van der Waals surface area contributed by atoms with Crippen LogP contribution in [-0.2, 0) is 15.8 Å². The summed E-state index contributed by atoms with van der Waals surface area (Å²) in [4.78, 5) is 8.34. The van der Waals surface area contributed by atoms with Crippen molar-refractivity contribution < 1.29 is 17.2 Å². The van der Waals surface area contributed by atoms with E-state index in [4.69, 9.17) is 0 Å². The molecule has 0 unspecified atom stereocenters. The summed E-state index contributed by atoms with van der Waals surface area (Å²) in [7, 11) is -3.86. The highest BCUT2D eigenvalue weighted by molar-refractivity contribution is 7.91. The molecule has 0 saturated heterocycles. The van der Waals surface area contributed by atoms with Crippen molar-refractivity contribution >= 4 is 15.8 Å². The molecule has 0 bridgehead atoms. The molecule has 1 N–H and O–H groups in total. The fourth-order valence-electron chi connectivity index (χ4n) is 2.27. The normalized spacial score (nSPS) is 14.7. The van der Waals surface area contributed by atoms with Crippen LogP contribution in [0.25, 0.3) is 0 Å². The number of sulfonamides is 1. The average molecular weight is 339 g/mol. The first-order valence-electron chi connectivity index (χ1n) is 7.12. The predicted octanol–water partition coefficient (Wildman–Crippen LogP) is 2.88. The Morgan fingerprint density at radius 1 is 1.22 bits per heavy atom. The first-order chi connectivity index (χ1) is 10.8. The van der Waals surface area contributed by atoms with Gasteiger partial charge in [0.1, 0.15) is 23.3 Å². The minimum Gasteiger partial charge on any atom is -0.267 e. The van der Waals surface area contributed by atoms with Gasteiger partial charge in [-0.2, -0.15) is 0 Å². The van der Waals surface area contributed by atoms with Gasteiger partial charge in [0.2, 0.25) is 10.0 Å². The van der Waals surface area contributed by atoms with Crippen LogP contribution in [0.2, 0.25) is 0 Å². The number of hydrogen-bond acceptors (Lipinski definition) is 4. The van der Waals surface area contributed by atoms with Gasteiger partial charge in [-0.15, -0.1) is 0 Å². The van der Waals surface area contributed by atoms with Crippen LogP contribution in [0, 0.1) is 18.6 Å². The maximum Gasteiger partial charge on any atom is 0.238 e. The van der Waals surface area contributed by atoms with Crippen LogP contribution in [0.3, 0.4) is 0 Å². The van der Waals surface area contributed by atoms with Crippen LogP contribution in [-0.4, -0.2) is 18.4 Å². The van der Waals surface area contributed by atoms with E-state index in [1.54, 1.807) is 13.0 Å². The first-order valence-corrected chi connectivity index (χ1v) is 8.77. The zero-order chi connectivity index (χ0) is 16.6. The molecule has 23 heavy (non-hydrogen) atoms. The summed E-state index contributed by atoms with van der Waals surface area (Å²) in [6.07, 6.45) is 2.06. The lowest BCUT2D eigenvalue weighted by molar-refractivity contribution is 0.570. The molecule has 0 radical (unpaired) electrons. The standard InChI is InChI=1S/C15H15F2N3O2S/c1-9-18-14(10-2-3-10)7-15(19-9)20-23(21,22)8-11-4-5-12(16)6-13(11)17/h4-7,10H,2-3,8H2,1H3,(H,18,19,20). The van der Waals surface area contributed by atoms with Crippen molar-refractivity contribution in [2.45, 2.75) is 31.4 Å². The Bertz CT molecular complexity index is 852. The molecule has 122 valence electrons. The van der Waals surface area contributed by atoms with Crippen molar-refractivity contribution in [3.63, 3.8) is 0 Å². The number of halogens is 2. The third-order valence-electron chi connectivity index (χ3n) is 3.47. The molecule has 1 aliphatic carbocycles. The summed E-state index contributed by atoms with van der Waals surface area (Å²) < 4.78 is 53.2. The lowest BCUT2D eigenvalue weighted by Gasteiger charge is -2.10. The van der Waals surface area contributed by atoms with Crippen molar-refractivity contribution in [2.75, 3.05) is 4.72 Å². The third-order valence-corrected chi connectivity index (χ3v) is 4.69. The number of aryl methyl sites for hydroxylation is 1. The molecular weight excluding hydrogens is 324 g/mol. The van der Waals surface area contributed by atoms with E-state index in [-0.39, 0.29) is 11.4 Å². The molecule has 0 spiro atoms. The highest BCUT2D eigenvalue weighted by Crippen LogP contribution is 2.39. The average Bonchev–Trinajstić information content (AvgIpc) is 3.25. The lowest BCUT2D eigenvalue weighted by Crippen LogP contribution is -2.17. The summed E-state index contributed by atoms with van der Waals surface area (Å²) in [5.74, 6) is -1.25. The van der Waals surface area contributed by atoms with Gasteiger partial charge in [-0.1, -0.05) is 6.07 Å². The molecule has 1 aromatic carbocycles. The Balaban J connectivity index is 1.80. The fraction of sp³-hybridized carbons (Fsp3) is 0.333. The van der Waals surface area contributed by atoms with E-state index in [0.717, 1.165) is 30.7 Å². The molecule has 3 rings (SSSR count). The molecule has 0 amide bonds. The van der Waals surface area contributed by atoms with Crippen LogP contribution < -0.4 is 4.72 Å². The van der Waals surface area contributed by atoms with E-state index in [0.29, 0.717) is 17.8 Å². The molecule has 1 fully saturated rings. The van der Waals surface area contributed by atoms with Gasteiger partial charge in [-0.25, -0.2) is 27.2 Å². The van der Waals surface area contributed by atoms with Crippen LogP contribution in [0.5, 0.6) is 0 Å². The summed E-state index contributed by atoms with van der Waals surface area (Å²) in [6.45, 7) is 1.68. The summed E-state index contributed by atoms with van der Waals surface area (Å²) in [5.41, 5.74) is 0.704. The highest BCUT2D eigenvalue weighted by Gasteiger charge is 2.26. The van der Waals surface area contributed by atoms with Gasteiger partial charge < -0.3 is 0 Å². The summed E-state index contributed by atoms with van der Waals surface area (Å²) in [6, 6.07) is 4.40. The zero-order valence-electron chi connectivity index (χ0n) is 12.4. The largest absolute Gasteiger partial charge is 0.267 e. The van der Waals surface area contributed by atoms with E-state index in [9.17, 15) is 17.2 Å². The minimum absolute atomic E-state index is 0.105. The molecular formula is C15H15F2N3O2S. The van der Waals surface area contributed by atoms with E-state index < -0.39 is 27.4 Å². The third kappa shape index (κ3) is 4.01. The molecule has 8 heteroatoms. The Morgan fingerprint density at radius 2 is 1.96 bits per heavy atom. The molecule has 0 aliphatic heterocycles. The number of anilines is 1. The van der Waals surface area contributed by atoms with Gasteiger partial charge >= 0.3 is 0 Å². The molecule has 1 aromatic heterocycles. The summed E-state index contributed by atoms with van der Waals surface area (Å²) in [5, 5.41) is 0. The van der Waals surface area contributed by atoms with Gasteiger partial charge in [-0.05, 0) is 25.8 Å². The number of benzene rings is 1. The van der Waals surface area contributed by atoms with Crippen molar-refractivity contribution in [3.8, 4) is 0 Å². The van der Waals surface area contributed by atoms with Crippen molar-refractivity contribution in [1.82, 2.24) is 9.97 Å². The lowest BCUT2D eigenvalue weighted by atomic mass is 10.2. The van der Waals surface area contributed by atoms with E-state index in [1.165, 1.54) is 0 Å². The monoisotopic (exact) mass is 339 g/mol. The molecule has 1 saturated carbocycles. The zero-order valence-corrected chi connectivity index (χ0v) is 13.2. The Hall–Kier alpha value is -2.09. The van der Waals surface area contributed by atoms with Crippen LogP contribution in [0.1, 0.15) is 35.8 Å². The SMILES string of the molecule is Cc1nc(NS(=O)(=O)Cc2ccc(F)cc2F)cc(C2CC2)n1. The van der Waals surface area contributed by atoms with Gasteiger partial charge in [0, 0.05) is 29.3 Å². The maximum absolute atomic E-state index is 13.6. The van der Waals surface area contributed by atoms with Gasteiger partial charge in [0.15, 0.2) is 0 Å². The smallest absolute Gasteiger partial charge is 0.238 e. The molecule has 1 aliphatic rings. The number of nitrogens with zero attached hydrogens (tertiary/aromatic N) is 2. The molecule has 5 nitrogen and oxygen atoms in total. The number of rotatable bonds is 5. The van der Waals surface area contributed by atoms with Crippen molar-refractivity contribution in [1.29, 1.82) is 0 Å². The fourth-order valence-corrected chi connectivity index (χ4v) is 3.41.